The van der Waals surface area contributed by atoms with Crippen LogP contribution in [0.25, 0.3) is 0 Å². The van der Waals surface area contributed by atoms with Crippen molar-refractivity contribution in [2.45, 2.75) is 72.3 Å². The molecule has 0 spiro atoms. The summed E-state index contributed by atoms with van der Waals surface area (Å²) in [7, 11) is 1.84. The molecule has 14 heavy (non-hydrogen) atoms. The van der Waals surface area contributed by atoms with Gasteiger partial charge in [-0.1, -0.05) is 47.0 Å². The highest BCUT2D eigenvalue weighted by Crippen LogP contribution is 2.23. The maximum atomic E-state index is 5.47. The molecule has 0 N–H and O–H groups in total. The number of hydrogen-bond acceptors (Lipinski definition) is 1. The van der Waals surface area contributed by atoms with Crippen molar-refractivity contribution in [1.82, 2.24) is 0 Å². The number of ether oxygens (including phenoxy) is 1. The second kappa shape index (κ2) is 7.28. The van der Waals surface area contributed by atoms with Gasteiger partial charge < -0.3 is 4.74 Å². The van der Waals surface area contributed by atoms with Crippen molar-refractivity contribution in [1.29, 1.82) is 0 Å². The summed E-state index contributed by atoms with van der Waals surface area (Å²) >= 11 is 0. The molecule has 0 aromatic rings. The zero-order chi connectivity index (χ0) is 11.0. The summed E-state index contributed by atoms with van der Waals surface area (Å²) < 4.78 is 5.47. The summed E-state index contributed by atoms with van der Waals surface area (Å²) in [5.41, 5.74) is 0.475. The zero-order valence-electron chi connectivity index (χ0n) is 10.7. The highest BCUT2D eigenvalue weighted by molar-refractivity contribution is 4.64. The molecule has 1 nitrogen and oxygen atoms in total. The summed E-state index contributed by atoms with van der Waals surface area (Å²) in [6.45, 7) is 9.16. The van der Waals surface area contributed by atoms with Crippen molar-refractivity contribution in [3.63, 3.8) is 0 Å². The van der Waals surface area contributed by atoms with Gasteiger partial charge in [0.15, 0.2) is 0 Å². The maximum absolute atomic E-state index is 5.47. The van der Waals surface area contributed by atoms with Crippen molar-refractivity contribution < 1.29 is 4.74 Å². The van der Waals surface area contributed by atoms with Gasteiger partial charge in [-0.3, -0.25) is 0 Å². The van der Waals surface area contributed by atoms with Crippen LogP contribution in [0.1, 0.15) is 66.2 Å². The van der Waals surface area contributed by atoms with E-state index in [2.05, 4.69) is 27.7 Å². The number of rotatable bonds is 7. The lowest BCUT2D eigenvalue weighted by Gasteiger charge is -2.20. The normalized spacial score (nSPS) is 14.4. The lowest BCUT2D eigenvalue weighted by molar-refractivity contribution is 0.0813. The van der Waals surface area contributed by atoms with E-state index in [1.165, 1.54) is 38.5 Å². The van der Waals surface area contributed by atoms with Crippen LogP contribution in [0.5, 0.6) is 0 Å². The number of hydrogen-bond donors (Lipinski definition) is 0. The fraction of sp³-hybridized carbons (Fsp3) is 1.00. The Morgan fingerprint density at radius 3 is 2.07 bits per heavy atom. The Kier molecular flexibility index (Phi) is 7.26. The first-order valence-electron chi connectivity index (χ1n) is 6.02. The van der Waals surface area contributed by atoms with Crippen LogP contribution in [0, 0.1) is 5.41 Å². The molecule has 0 aromatic carbocycles. The predicted octanol–water partition coefficient (Wildman–Crippen LogP) is 4.41. The molecular formula is C13H28O. The van der Waals surface area contributed by atoms with Crippen molar-refractivity contribution in [3.8, 4) is 0 Å². The van der Waals surface area contributed by atoms with Crippen LogP contribution in [0.15, 0.2) is 0 Å². The third-order valence-corrected chi connectivity index (χ3v) is 2.67. The lowest BCUT2D eigenvalue weighted by Crippen LogP contribution is -2.12. The predicted molar refractivity (Wildman–Crippen MR) is 63.6 cm³/mol. The van der Waals surface area contributed by atoms with Crippen LogP contribution in [0.2, 0.25) is 0 Å². The van der Waals surface area contributed by atoms with Crippen molar-refractivity contribution in [2.75, 3.05) is 7.11 Å². The monoisotopic (exact) mass is 200 g/mol. The first-order chi connectivity index (χ1) is 6.49. The third kappa shape index (κ3) is 8.55. The summed E-state index contributed by atoms with van der Waals surface area (Å²) in [5, 5.41) is 0. The molecule has 1 atom stereocenters. The Morgan fingerprint density at radius 2 is 1.64 bits per heavy atom. The Balaban J connectivity index is 3.52. The smallest absolute Gasteiger partial charge is 0.0571 e. The van der Waals surface area contributed by atoms with Crippen LogP contribution in [-0.4, -0.2) is 13.2 Å². The van der Waals surface area contributed by atoms with Gasteiger partial charge in [-0.05, 0) is 24.7 Å². The van der Waals surface area contributed by atoms with Crippen LogP contribution >= 0.6 is 0 Å². The Bertz CT molecular complexity index is 124. The zero-order valence-corrected chi connectivity index (χ0v) is 10.7. The molecule has 0 radical (unpaired) electrons. The summed E-state index contributed by atoms with van der Waals surface area (Å²) in [5.74, 6) is 0. The summed E-state index contributed by atoms with van der Waals surface area (Å²) in [6.07, 6.45) is 8.14. The fourth-order valence-electron chi connectivity index (χ4n) is 1.67. The van der Waals surface area contributed by atoms with Gasteiger partial charge in [0.25, 0.3) is 0 Å². The van der Waals surface area contributed by atoms with Crippen LogP contribution < -0.4 is 0 Å². The van der Waals surface area contributed by atoms with E-state index in [0.29, 0.717) is 11.5 Å². The number of methoxy groups -OCH3 is 1. The maximum Gasteiger partial charge on any atom is 0.0571 e. The van der Waals surface area contributed by atoms with E-state index in [-0.39, 0.29) is 0 Å². The standard InChI is InChI=1S/C13H28O/c1-6-7-9-12(14-5)10-8-11-13(2,3)4/h12H,6-11H2,1-5H3. The molecule has 0 aromatic heterocycles. The van der Waals surface area contributed by atoms with E-state index < -0.39 is 0 Å². The van der Waals surface area contributed by atoms with Crippen LogP contribution in [-0.2, 0) is 4.74 Å². The summed E-state index contributed by atoms with van der Waals surface area (Å²) in [4.78, 5) is 0. The molecule has 86 valence electrons. The van der Waals surface area contributed by atoms with Crippen LogP contribution in [0.4, 0.5) is 0 Å². The molecule has 0 saturated heterocycles. The van der Waals surface area contributed by atoms with Gasteiger partial charge in [0.05, 0.1) is 6.10 Å². The molecule has 0 bridgehead atoms. The van der Waals surface area contributed by atoms with E-state index in [9.17, 15) is 0 Å². The molecule has 0 aliphatic heterocycles. The van der Waals surface area contributed by atoms with Gasteiger partial charge in [0.1, 0.15) is 0 Å². The minimum absolute atomic E-state index is 0.475. The SMILES string of the molecule is CCCCC(CCCC(C)(C)C)OC. The van der Waals surface area contributed by atoms with Crippen LogP contribution in [0.3, 0.4) is 0 Å². The molecule has 1 heteroatoms. The van der Waals surface area contributed by atoms with E-state index in [1.807, 2.05) is 7.11 Å². The second-order valence-corrected chi connectivity index (χ2v) is 5.45. The molecule has 1 unspecified atom stereocenters. The Labute approximate surface area is 90.2 Å². The van der Waals surface area contributed by atoms with Crippen molar-refractivity contribution in [3.05, 3.63) is 0 Å². The average molecular weight is 200 g/mol. The second-order valence-electron chi connectivity index (χ2n) is 5.45. The van der Waals surface area contributed by atoms with E-state index in [0.717, 1.165) is 0 Å². The van der Waals surface area contributed by atoms with E-state index in [4.69, 9.17) is 4.74 Å². The average Bonchev–Trinajstić information content (AvgIpc) is 2.09. The molecule has 0 saturated carbocycles. The highest BCUT2D eigenvalue weighted by atomic mass is 16.5. The Hall–Kier alpha value is -0.0400. The molecule has 0 amide bonds. The minimum Gasteiger partial charge on any atom is -0.381 e. The van der Waals surface area contributed by atoms with Gasteiger partial charge in [-0.25, -0.2) is 0 Å². The third-order valence-electron chi connectivity index (χ3n) is 2.67. The molecule has 0 rings (SSSR count). The van der Waals surface area contributed by atoms with Gasteiger partial charge in [-0.2, -0.15) is 0 Å². The highest BCUT2D eigenvalue weighted by Gasteiger charge is 2.12. The fourth-order valence-corrected chi connectivity index (χ4v) is 1.67. The minimum atomic E-state index is 0.475. The quantitative estimate of drug-likeness (QED) is 0.591. The molecule has 0 aliphatic rings. The Morgan fingerprint density at radius 1 is 1.07 bits per heavy atom. The van der Waals surface area contributed by atoms with E-state index in [1.54, 1.807) is 0 Å². The molecular weight excluding hydrogens is 172 g/mol. The molecule has 0 heterocycles. The first kappa shape index (κ1) is 14.0. The number of unbranched alkanes of at least 4 members (excludes halogenated alkanes) is 1. The van der Waals surface area contributed by atoms with Crippen molar-refractivity contribution in [2.24, 2.45) is 5.41 Å². The van der Waals surface area contributed by atoms with Gasteiger partial charge in [0, 0.05) is 7.11 Å². The summed E-state index contributed by atoms with van der Waals surface area (Å²) in [6, 6.07) is 0. The first-order valence-corrected chi connectivity index (χ1v) is 6.02. The lowest BCUT2D eigenvalue weighted by atomic mass is 9.89. The molecule has 0 fully saturated rings. The van der Waals surface area contributed by atoms with Gasteiger partial charge >= 0.3 is 0 Å². The van der Waals surface area contributed by atoms with Gasteiger partial charge in [-0.15, -0.1) is 0 Å². The van der Waals surface area contributed by atoms with Gasteiger partial charge in [0.2, 0.25) is 0 Å². The van der Waals surface area contributed by atoms with Crippen molar-refractivity contribution >= 4 is 0 Å². The van der Waals surface area contributed by atoms with E-state index >= 15 is 0 Å². The topological polar surface area (TPSA) is 9.23 Å². The largest absolute Gasteiger partial charge is 0.381 e. The molecule has 0 aliphatic carbocycles.